The number of benzene rings is 1. The fourth-order valence-corrected chi connectivity index (χ4v) is 1.61. The number of carbonyl (C=O) groups excluding carboxylic acids is 1. The molecule has 0 saturated carbocycles. The molecule has 0 heterocycles. The van der Waals surface area contributed by atoms with E-state index in [2.05, 4.69) is 5.32 Å². The minimum Gasteiger partial charge on any atom is -0.489 e. The fraction of sp³-hybridized carbons (Fsp3) is 0.429. The van der Waals surface area contributed by atoms with Crippen LogP contribution in [-0.4, -0.2) is 35.4 Å². The molecule has 8 heteroatoms. The van der Waals surface area contributed by atoms with Gasteiger partial charge in [-0.05, 0) is 32.9 Å². The van der Waals surface area contributed by atoms with Crippen molar-refractivity contribution in [2.24, 2.45) is 0 Å². The summed E-state index contributed by atoms with van der Waals surface area (Å²) in [5.74, 6) is -1.02. The van der Waals surface area contributed by atoms with Crippen molar-refractivity contribution in [3.63, 3.8) is 0 Å². The van der Waals surface area contributed by atoms with Gasteiger partial charge < -0.3 is 25.6 Å². The van der Waals surface area contributed by atoms with Crippen molar-refractivity contribution in [2.75, 3.05) is 12.3 Å². The van der Waals surface area contributed by atoms with E-state index in [9.17, 15) is 9.59 Å². The molecule has 1 aromatic carbocycles. The van der Waals surface area contributed by atoms with Gasteiger partial charge >= 0.3 is 12.1 Å². The van der Waals surface area contributed by atoms with Gasteiger partial charge in [-0.3, -0.25) is 0 Å². The number of carboxylic acid groups (broad SMARTS) is 1. The number of carbonyl (C=O) groups is 2. The number of anilines is 1. The molecule has 22 heavy (non-hydrogen) atoms. The lowest BCUT2D eigenvalue weighted by Gasteiger charge is -2.22. The Hall–Kier alpha value is -2.15. The fourth-order valence-electron chi connectivity index (χ4n) is 1.44. The van der Waals surface area contributed by atoms with Gasteiger partial charge in [-0.15, -0.1) is 0 Å². The zero-order chi connectivity index (χ0) is 16.9. The van der Waals surface area contributed by atoms with Crippen LogP contribution in [0.5, 0.6) is 5.75 Å². The first-order valence-electron chi connectivity index (χ1n) is 6.49. The van der Waals surface area contributed by atoms with E-state index in [0.29, 0.717) is 5.02 Å². The number of ether oxygens (including phenoxy) is 2. The van der Waals surface area contributed by atoms with Gasteiger partial charge in [-0.2, -0.15) is 0 Å². The molecule has 4 N–H and O–H groups in total. The Morgan fingerprint density at radius 1 is 1.41 bits per heavy atom. The van der Waals surface area contributed by atoms with Gasteiger partial charge in [0, 0.05) is 0 Å². The van der Waals surface area contributed by atoms with Crippen molar-refractivity contribution in [1.82, 2.24) is 5.32 Å². The Labute approximate surface area is 133 Å². The Balaban J connectivity index is 2.67. The Kier molecular flexibility index (Phi) is 5.87. The first kappa shape index (κ1) is 17.9. The highest BCUT2D eigenvalue weighted by Gasteiger charge is 2.24. The smallest absolute Gasteiger partial charge is 0.408 e. The van der Waals surface area contributed by atoms with Gasteiger partial charge in [0.2, 0.25) is 0 Å². The van der Waals surface area contributed by atoms with E-state index in [-0.39, 0.29) is 18.0 Å². The lowest BCUT2D eigenvalue weighted by molar-refractivity contribution is -0.140. The molecule has 0 spiro atoms. The summed E-state index contributed by atoms with van der Waals surface area (Å²) in [6, 6.07) is 3.46. The molecule has 1 atom stereocenters. The number of amides is 1. The minimum absolute atomic E-state index is 0.200. The summed E-state index contributed by atoms with van der Waals surface area (Å²) >= 11 is 5.84. The van der Waals surface area contributed by atoms with Gasteiger partial charge in [-0.25, -0.2) is 9.59 Å². The maximum absolute atomic E-state index is 11.6. The lowest BCUT2D eigenvalue weighted by atomic mass is 10.2. The van der Waals surface area contributed by atoms with E-state index in [1.165, 1.54) is 0 Å². The summed E-state index contributed by atoms with van der Waals surface area (Å²) in [5.41, 5.74) is 5.18. The molecular weight excluding hydrogens is 312 g/mol. The zero-order valence-corrected chi connectivity index (χ0v) is 13.3. The highest BCUT2D eigenvalue weighted by atomic mass is 35.5. The van der Waals surface area contributed by atoms with Gasteiger partial charge in [0.25, 0.3) is 0 Å². The van der Waals surface area contributed by atoms with E-state index >= 15 is 0 Å². The topological polar surface area (TPSA) is 111 Å². The quantitative estimate of drug-likeness (QED) is 0.714. The largest absolute Gasteiger partial charge is 0.489 e. The number of nitrogens with one attached hydrogen (secondary N) is 1. The summed E-state index contributed by atoms with van der Waals surface area (Å²) in [4.78, 5) is 22.8. The van der Waals surface area contributed by atoms with Crippen molar-refractivity contribution in [1.29, 1.82) is 0 Å². The number of hydrogen-bond acceptors (Lipinski definition) is 5. The first-order valence-corrected chi connectivity index (χ1v) is 6.87. The number of para-hydroxylation sites is 1. The summed E-state index contributed by atoms with van der Waals surface area (Å²) in [5, 5.41) is 11.6. The van der Waals surface area contributed by atoms with Crippen molar-refractivity contribution in [3.8, 4) is 5.75 Å². The molecule has 0 aliphatic carbocycles. The number of rotatable bonds is 5. The van der Waals surface area contributed by atoms with E-state index in [1.54, 1.807) is 39.0 Å². The molecule has 0 saturated heterocycles. The molecular formula is C14H19ClN2O5. The second-order valence-electron chi connectivity index (χ2n) is 5.50. The predicted molar refractivity (Wildman–Crippen MR) is 82.2 cm³/mol. The minimum atomic E-state index is -1.28. The number of carboxylic acids is 1. The second kappa shape index (κ2) is 7.22. The monoisotopic (exact) mass is 330 g/mol. The van der Waals surface area contributed by atoms with Crippen LogP contribution in [0.1, 0.15) is 20.8 Å². The highest BCUT2D eigenvalue weighted by Crippen LogP contribution is 2.28. The van der Waals surface area contributed by atoms with E-state index in [0.717, 1.165) is 0 Å². The van der Waals surface area contributed by atoms with Crippen LogP contribution in [-0.2, 0) is 9.53 Å². The Bertz CT molecular complexity index is 557. The van der Waals surface area contributed by atoms with Gasteiger partial charge in [-0.1, -0.05) is 17.7 Å². The first-order chi connectivity index (χ1) is 10.1. The number of halogens is 1. The molecule has 0 unspecified atom stereocenters. The van der Waals surface area contributed by atoms with Crippen LogP contribution >= 0.6 is 11.6 Å². The summed E-state index contributed by atoms with van der Waals surface area (Å²) < 4.78 is 10.3. The molecule has 0 aliphatic heterocycles. The van der Waals surface area contributed by atoms with Crippen LogP contribution in [0.3, 0.4) is 0 Å². The molecule has 0 fully saturated rings. The third kappa shape index (κ3) is 5.69. The third-order valence-electron chi connectivity index (χ3n) is 2.41. The number of nitrogen functional groups attached to an aromatic ring is 1. The Morgan fingerprint density at radius 2 is 2.05 bits per heavy atom. The highest BCUT2D eigenvalue weighted by molar-refractivity contribution is 6.33. The third-order valence-corrected chi connectivity index (χ3v) is 2.74. The van der Waals surface area contributed by atoms with Crippen LogP contribution in [0.25, 0.3) is 0 Å². The second-order valence-corrected chi connectivity index (χ2v) is 5.91. The molecule has 1 rings (SSSR count). The summed E-state index contributed by atoms with van der Waals surface area (Å²) in [7, 11) is 0. The van der Waals surface area contributed by atoms with Crippen LogP contribution in [0.4, 0.5) is 10.5 Å². The maximum atomic E-state index is 11.6. The van der Waals surface area contributed by atoms with Crippen molar-refractivity contribution in [3.05, 3.63) is 23.2 Å². The van der Waals surface area contributed by atoms with Crippen molar-refractivity contribution >= 4 is 29.4 Å². The van der Waals surface area contributed by atoms with E-state index < -0.39 is 23.7 Å². The molecule has 0 aromatic heterocycles. The average Bonchev–Trinajstić information content (AvgIpc) is 2.36. The van der Waals surface area contributed by atoms with E-state index in [1.807, 2.05) is 0 Å². The number of hydrogen-bond donors (Lipinski definition) is 3. The molecule has 0 aliphatic rings. The van der Waals surface area contributed by atoms with Crippen molar-refractivity contribution < 1.29 is 24.2 Å². The van der Waals surface area contributed by atoms with Crippen LogP contribution in [0, 0.1) is 0 Å². The van der Waals surface area contributed by atoms with Crippen LogP contribution in [0.2, 0.25) is 5.02 Å². The standard InChI is InChI=1S/C14H19ClN2O5/c1-14(2,3)22-13(20)17-9(12(18)19)7-21-10-6-4-5-8(15)11(10)16/h4-6,9H,7,16H2,1-3H3,(H,17,20)(H,18,19)/t9-/m0/s1. The molecule has 122 valence electrons. The molecule has 1 amide bonds. The summed E-state index contributed by atoms with van der Waals surface area (Å²) in [6.07, 6.45) is -0.845. The zero-order valence-electron chi connectivity index (χ0n) is 12.6. The average molecular weight is 331 g/mol. The van der Waals surface area contributed by atoms with Gasteiger partial charge in [0.1, 0.15) is 18.0 Å². The van der Waals surface area contributed by atoms with Gasteiger partial charge in [0.05, 0.1) is 10.7 Å². The normalized spacial score (nSPS) is 12.4. The van der Waals surface area contributed by atoms with Crippen LogP contribution in [0.15, 0.2) is 18.2 Å². The number of alkyl carbamates (subject to hydrolysis) is 1. The molecule has 0 radical (unpaired) electrons. The SMILES string of the molecule is CC(C)(C)OC(=O)N[C@@H](COc1cccc(Cl)c1N)C(=O)O. The van der Waals surface area contributed by atoms with Gasteiger partial charge in [0.15, 0.2) is 6.04 Å². The predicted octanol–water partition coefficient (Wildman–Crippen LogP) is 2.28. The summed E-state index contributed by atoms with van der Waals surface area (Å²) in [6.45, 7) is 4.70. The maximum Gasteiger partial charge on any atom is 0.408 e. The molecule has 7 nitrogen and oxygen atoms in total. The van der Waals surface area contributed by atoms with Crippen molar-refractivity contribution in [2.45, 2.75) is 32.4 Å². The number of aliphatic carboxylic acids is 1. The number of nitrogens with two attached hydrogens (primary N) is 1. The lowest BCUT2D eigenvalue weighted by Crippen LogP contribution is -2.46. The van der Waals surface area contributed by atoms with E-state index in [4.69, 9.17) is 31.9 Å². The Morgan fingerprint density at radius 3 is 2.59 bits per heavy atom. The van der Waals surface area contributed by atoms with Crippen LogP contribution < -0.4 is 15.8 Å². The molecule has 0 bridgehead atoms. The molecule has 1 aromatic rings.